The first kappa shape index (κ1) is 16.1. The molecule has 0 spiro atoms. The Bertz CT molecular complexity index is 55.9. The Morgan fingerprint density at radius 1 is 1.33 bits per heavy atom. The van der Waals surface area contributed by atoms with E-state index in [1.807, 2.05) is 0 Å². The van der Waals surface area contributed by atoms with E-state index in [-0.39, 0.29) is 24.3 Å². The largest absolute Gasteiger partial charge is 1.00 e. The van der Waals surface area contributed by atoms with Gasteiger partial charge in [0.15, 0.2) is 0 Å². The van der Waals surface area contributed by atoms with Crippen molar-refractivity contribution in [2.45, 2.75) is 0 Å². The topological polar surface area (TPSA) is 84.4 Å². The Kier molecular flexibility index (Phi) is 24.3. The first-order valence-electron chi connectivity index (χ1n) is 0.565. The van der Waals surface area contributed by atoms with Gasteiger partial charge in [-0.2, -0.15) is 0 Å². The fourth-order valence-electron chi connectivity index (χ4n) is 0. The molecule has 0 unspecified atom stereocenters. The third-order valence-electron chi connectivity index (χ3n) is 0. The third-order valence-corrected chi connectivity index (χ3v) is 0. The molecule has 0 atom stereocenters. The zero-order valence-corrected chi connectivity index (χ0v) is 4.05. The van der Waals surface area contributed by atoms with Crippen LogP contribution in [0.25, 0.3) is 0 Å². The molecule has 0 saturated heterocycles. The Morgan fingerprint density at radius 2 is 1.33 bits per heavy atom. The van der Waals surface area contributed by atoms with Crippen molar-refractivity contribution in [1.82, 2.24) is 0 Å². The van der Waals surface area contributed by atoms with Crippen LogP contribution in [-0.2, 0) is 11.0 Å². The molecule has 4 nitrogen and oxygen atoms in total. The van der Waals surface area contributed by atoms with Crippen LogP contribution in [0.1, 0.15) is 0 Å². The van der Waals surface area contributed by atoms with Crippen LogP contribution in [0.5, 0.6) is 0 Å². The van der Waals surface area contributed by atoms with Crippen molar-refractivity contribution in [3.63, 3.8) is 0 Å². The molecule has 34 valence electrons. The van der Waals surface area contributed by atoms with Crippen LogP contribution in [-0.4, -0.2) is 18.4 Å². The molecule has 0 aromatic rings. The van der Waals surface area contributed by atoms with E-state index in [0.717, 1.165) is 0 Å². The molecule has 0 fully saturated rings. The molecule has 0 aliphatic rings. The summed E-state index contributed by atoms with van der Waals surface area (Å²) in [5, 5.41) is 0. The van der Waals surface area contributed by atoms with Crippen molar-refractivity contribution in [2.75, 3.05) is 0 Å². The summed E-state index contributed by atoms with van der Waals surface area (Å²) in [7, 11) is -3.12. The van der Waals surface area contributed by atoms with E-state index in [9.17, 15) is 0 Å². The van der Waals surface area contributed by atoms with Gasteiger partial charge in [0.25, 0.3) is 11.0 Å². The molecule has 0 aliphatic heterocycles. The van der Waals surface area contributed by atoms with Crippen LogP contribution in [0.4, 0.5) is 0 Å². The molecule has 0 rings (SSSR count). The Labute approximate surface area is 48.8 Å². The second-order valence-electron chi connectivity index (χ2n) is 0.238. The van der Waals surface area contributed by atoms with Crippen LogP contribution in [0.3, 0.4) is 0 Å². The maximum absolute atomic E-state index is 8.59. The van der Waals surface area contributed by atoms with E-state index in [4.69, 9.17) is 13.0 Å². The normalized spacial score (nSPS) is 5.67. The molecule has 0 aromatic carbocycles. The molecule has 6 heteroatoms. The smallest absolute Gasteiger partial charge is 0.870 e. The summed E-state index contributed by atoms with van der Waals surface area (Å²) in [6.07, 6.45) is 0. The predicted octanol–water partition coefficient (Wildman–Crippen LogP) is -4.10. The average molecular weight is 106 g/mol. The zero-order valence-electron chi connectivity index (χ0n) is 3.16. The van der Waals surface area contributed by atoms with Crippen molar-refractivity contribution in [1.29, 1.82) is 0 Å². The first-order valence-corrected chi connectivity index (χ1v) is 1.70. The van der Waals surface area contributed by atoms with E-state index in [1.54, 1.807) is 0 Å². The molecule has 0 bridgehead atoms. The van der Waals surface area contributed by atoms with E-state index in [0.29, 0.717) is 0 Å². The predicted molar refractivity (Wildman–Crippen MR) is 14.9 cm³/mol. The van der Waals surface area contributed by atoms with Gasteiger partial charge in [0.05, 0.1) is 0 Å². The van der Waals surface area contributed by atoms with E-state index in [2.05, 4.69) is 0 Å². The van der Waals surface area contributed by atoms with E-state index in [1.165, 1.54) is 0 Å². The quantitative estimate of drug-likeness (QED) is 0.187. The van der Waals surface area contributed by atoms with Gasteiger partial charge in [0, 0.05) is 0 Å². The van der Waals surface area contributed by atoms with Gasteiger partial charge in [-0.1, -0.05) is 0 Å². The second kappa shape index (κ2) is 9.08. The molecule has 6 heavy (non-hydrogen) atoms. The monoisotopic (exact) mass is 106 g/mol. The molecule has 0 aromatic heterocycles. The van der Waals surface area contributed by atoms with Gasteiger partial charge in [0.1, 0.15) is 0 Å². The van der Waals surface area contributed by atoms with Gasteiger partial charge < -0.3 is 5.48 Å². The van der Waals surface area contributed by atoms with E-state index < -0.39 is 11.0 Å². The Morgan fingerprint density at radius 3 is 1.33 bits per heavy atom. The van der Waals surface area contributed by atoms with Crippen molar-refractivity contribution < 1.29 is 37.3 Å². The van der Waals surface area contributed by atoms with Gasteiger partial charge in [-0.25, -0.2) is 8.42 Å². The summed E-state index contributed by atoms with van der Waals surface area (Å²) >= 11 is 0. The maximum Gasteiger partial charge on any atom is 1.00 e. The summed E-state index contributed by atoms with van der Waals surface area (Å²) in [4.78, 5) is 0. The minimum Gasteiger partial charge on any atom is -0.870 e. The fraction of sp³-hybridized carbons (Fsp3) is 0. The fourth-order valence-corrected chi connectivity index (χ4v) is 0. The van der Waals surface area contributed by atoms with Crippen molar-refractivity contribution in [3.05, 3.63) is 0 Å². The SMILES string of the molecule is O=[SH](=O)O.[Li+].[OH-]. The zero-order chi connectivity index (χ0) is 3.58. The Balaban J connectivity index is -0.0000000450. The van der Waals surface area contributed by atoms with Gasteiger partial charge >= 0.3 is 18.9 Å². The van der Waals surface area contributed by atoms with Gasteiger partial charge in [-0.3, -0.25) is 4.55 Å². The molecular formula is H3LiO4S. The van der Waals surface area contributed by atoms with Crippen LogP contribution in [0.2, 0.25) is 0 Å². The van der Waals surface area contributed by atoms with Crippen molar-refractivity contribution in [3.8, 4) is 0 Å². The van der Waals surface area contributed by atoms with Crippen LogP contribution < -0.4 is 18.9 Å². The standard InChI is InChI=1S/Li.H2O3S.H2O/c;1-4(2)3;/h;4H,(H,1,2,3);1H2/q+1;;/p-1. The summed E-state index contributed by atoms with van der Waals surface area (Å²) in [6, 6.07) is 0. The van der Waals surface area contributed by atoms with Crippen LogP contribution >= 0.6 is 0 Å². The van der Waals surface area contributed by atoms with Gasteiger partial charge in [-0.15, -0.1) is 0 Å². The van der Waals surface area contributed by atoms with Crippen LogP contribution in [0, 0.1) is 0 Å². The van der Waals surface area contributed by atoms with Gasteiger partial charge in [-0.05, 0) is 0 Å². The number of rotatable bonds is 0. The summed E-state index contributed by atoms with van der Waals surface area (Å²) in [6.45, 7) is 0. The third kappa shape index (κ3) is 246. The molecule has 0 aliphatic carbocycles. The molecule has 0 heterocycles. The summed E-state index contributed by atoms with van der Waals surface area (Å²) < 4.78 is 24.2. The molecule has 0 saturated carbocycles. The van der Waals surface area contributed by atoms with Crippen molar-refractivity contribution in [2.24, 2.45) is 0 Å². The first-order chi connectivity index (χ1) is 1.73. The number of thiol groups is 1. The minimum atomic E-state index is -3.12. The molecule has 0 amide bonds. The Hall–Kier alpha value is 0.467. The van der Waals surface area contributed by atoms with E-state index >= 15 is 0 Å². The van der Waals surface area contributed by atoms with Crippen molar-refractivity contribution >= 4 is 11.0 Å². The maximum atomic E-state index is 8.59. The molecular weight excluding hydrogens is 103 g/mol. The average Bonchev–Trinajstić information content (AvgIpc) is 0.811. The summed E-state index contributed by atoms with van der Waals surface area (Å²) in [5.41, 5.74) is 0. The number of hydrogen-bond donors (Lipinski definition) is 2. The number of hydrogen-bond acceptors (Lipinski definition) is 3. The summed E-state index contributed by atoms with van der Waals surface area (Å²) in [5.74, 6) is 0. The van der Waals surface area contributed by atoms with Gasteiger partial charge in [0.2, 0.25) is 0 Å². The minimum absolute atomic E-state index is 0. The second-order valence-corrected chi connectivity index (χ2v) is 0.714. The molecule has 0 radical (unpaired) electrons. The van der Waals surface area contributed by atoms with Crippen LogP contribution in [0.15, 0.2) is 0 Å². The molecule has 2 N–H and O–H groups in total.